The lowest BCUT2D eigenvalue weighted by Gasteiger charge is -2.23. The highest BCUT2D eigenvalue weighted by atomic mass is 15.0. The van der Waals surface area contributed by atoms with Crippen LogP contribution in [0, 0.1) is 0 Å². The standard InChI is InChI=1S/C54H35N3/c1-54(2)49-30-45-38-22-12-10-20-36(38)35-19-9-11-21-37(35)43(45)28-47(49)48-29-44-41-26-25-34(27-42(41)39-23-13-14-24-40(39)46(44)31-50(48)54)53-56-51(32-15-5-3-6-16-32)55-52(57-53)33-17-7-4-8-18-33/h3-31H,1-2H3. The number of hydrogen-bond donors (Lipinski definition) is 0. The van der Waals surface area contributed by atoms with E-state index in [1.807, 2.05) is 36.4 Å². The molecule has 1 heterocycles. The van der Waals surface area contributed by atoms with Crippen LogP contribution in [0.2, 0.25) is 0 Å². The topological polar surface area (TPSA) is 38.7 Å². The van der Waals surface area contributed by atoms with Gasteiger partial charge in [0, 0.05) is 22.1 Å². The third-order valence-electron chi connectivity index (χ3n) is 12.5. The molecule has 0 bridgehead atoms. The summed E-state index contributed by atoms with van der Waals surface area (Å²) < 4.78 is 0. The summed E-state index contributed by atoms with van der Waals surface area (Å²) in [7, 11) is 0. The number of nitrogens with zero attached hydrogens (tertiary/aromatic N) is 3. The monoisotopic (exact) mass is 725 g/mol. The Balaban J connectivity index is 1.11. The van der Waals surface area contributed by atoms with Gasteiger partial charge >= 0.3 is 0 Å². The number of benzene rings is 10. The van der Waals surface area contributed by atoms with Crippen molar-refractivity contribution in [2.24, 2.45) is 0 Å². The molecule has 0 aliphatic heterocycles. The molecular formula is C54H35N3. The summed E-state index contributed by atoms with van der Waals surface area (Å²) in [5.74, 6) is 1.98. The number of fused-ring (bicyclic) bond motifs is 15. The highest BCUT2D eigenvalue weighted by Gasteiger charge is 2.37. The SMILES string of the molecule is CC1(C)c2cc3c4ccccc4c4ccccc4c3cc2-c2cc3c4ccc(-c5nc(-c6ccccc6)nc(-c6ccccc6)n5)cc4c4ccccc4c3cc21. The summed E-state index contributed by atoms with van der Waals surface area (Å²) in [6.45, 7) is 4.80. The van der Waals surface area contributed by atoms with E-state index in [9.17, 15) is 0 Å². The Hall–Kier alpha value is -7.23. The molecule has 10 aromatic carbocycles. The molecule has 57 heavy (non-hydrogen) atoms. The molecular weight excluding hydrogens is 691 g/mol. The van der Waals surface area contributed by atoms with E-state index < -0.39 is 0 Å². The van der Waals surface area contributed by atoms with Crippen molar-refractivity contribution in [1.29, 1.82) is 0 Å². The molecule has 0 fully saturated rings. The van der Waals surface area contributed by atoms with Gasteiger partial charge in [-0.1, -0.05) is 159 Å². The normalized spacial score (nSPS) is 13.2. The summed E-state index contributed by atoms with van der Waals surface area (Å²) in [5, 5.41) is 15.3. The number of rotatable bonds is 3. The predicted molar refractivity (Wildman–Crippen MR) is 239 cm³/mol. The minimum atomic E-state index is -0.175. The Kier molecular flexibility index (Phi) is 6.68. The third-order valence-corrected chi connectivity index (χ3v) is 12.5. The maximum atomic E-state index is 5.08. The fourth-order valence-electron chi connectivity index (χ4n) is 9.65. The van der Waals surface area contributed by atoms with Gasteiger partial charge < -0.3 is 0 Å². The van der Waals surface area contributed by atoms with Crippen molar-refractivity contribution in [3.63, 3.8) is 0 Å². The Morgan fingerprint density at radius 1 is 0.281 bits per heavy atom. The van der Waals surface area contributed by atoms with Crippen molar-refractivity contribution in [3.05, 3.63) is 187 Å². The van der Waals surface area contributed by atoms with Gasteiger partial charge in [0.1, 0.15) is 0 Å². The highest BCUT2D eigenvalue weighted by Crippen LogP contribution is 2.53. The lowest BCUT2D eigenvalue weighted by atomic mass is 9.80. The Morgan fingerprint density at radius 3 is 1.02 bits per heavy atom. The van der Waals surface area contributed by atoms with Gasteiger partial charge in [0.15, 0.2) is 17.5 Å². The molecule has 0 radical (unpaired) electrons. The second kappa shape index (κ2) is 11.9. The molecule has 12 rings (SSSR count). The van der Waals surface area contributed by atoms with Crippen LogP contribution in [-0.2, 0) is 5.41 Å². The van der Waals surface area contributed by atoms with Crippen LogP contribution < -0.4 is 0 Å². The van der Waals surface area contributed by atoms with Gasteiger partial charge in [-0.25, -0.2) is 15.0 Å². The largest absolute Gasteiger partial charge is 0.208 e. The summed E-state index contributed by atoms with van der Waals surface area (Å²) in [5.41, 5.74) is 8.11. The van der Waals surface area contributed by atoms with Crippen molar-refractivity contribution in [2.45, 2.75) is 19.3 Å². The second-order valence-electron chi connectivity index (χ2n) is 15.9. The molecule has 1 aliphatic rings. The maximum Gasteiger partial charge on any atom is 0.164 e. The van der Waals surface area contributed by atoms with Gasteiger partial charge in [-0.2, -0.15) is 0 Å². The molecule has 3 heteroatoms. The van der Waals surface area contributed by atoms with Crippen molar-refractivity contribution < 1.29 is 0 Å². The van der Waals surface area contributed by atoms with E-state index in [1.165, 1.54) is 86.9 Å². The Bertz CT molecular complexity index is 3420. The summed E-state index contributed by atoms with van der Waals surface area (Å²) in [6.07, 6.45) is 0. The first-order valence-corrected chi connectivity index (χ1v) is 19.7. The fourth-order valence-corrected chi connectivity index (χ4v) is 9.65. The highest BCUT2D eigenvalue weighted by molar-refractivity contribution is 6.28. The number of hydrogen-bond acceptors (Lipinski definition) is 3. The second-order valence-corrected chi connectivity index (χ2v) is 15.9. The lowest BCUT2D eigenvalue weighted by Crippen LogP contribution is -2.15. The zero-order valence-corrected chi connectivity index (χ0v) is 31.6. The van der Waals surface area contributed by atoms with Gasteiger partial charge in [0.05, 0.1) is 0 Å². The van der Waals surface area contributed by atoms with E-state index in [1.54, 1.807) is 0 Å². The first-order chi connectivity index (χ1) is 28.0. The van der Waals surface area contributed by atoms with Gasteiger partial charge in [-0.15, -0.1) is 0 Å². The lowest BCUT2D eigenvalue weighted by molar-refractivity contribution is 0.662. The summed E-state index contributed by atoms with van der Waals surface area (Å²) in [6, 6.07) is 63.7. The van der Waals surface area contributed by atoms with Crippen LogP contribution in [0.15, 0.2) is 176 Å². The molecule has 0 atom stereocenters. The minimum absolute atomic E-state index is 0.175. The van der Waals surface area contributed by atoms with E-state index in [4.69, 9.17) is 15.0 Å². The van der Waals surface area contributed by atoms with Crippen LogP contribution in [0.1, 0.15) is 25.0 Å². The average molecular weight is 726 g/mol. The molecule has 0 saturated carbocycles. The smallest absolute Gasteiger partial charge is 0.164 e. The van der Waals surface area contributed by atoms with Crippen molar-refractivity contribution in [2.75, 3.05) is 0 Å². The molecule has 1 aliphatic carbocycles. The maximum absolute atomic E-state index is 5.08. The summed E-state index contributed by atoms with van der Waals surface area (Å²) in [4.78, 5) is 15.1. The molecule has 266 valence electrons. The average Bonchev–Trinajstić information content (AvgIpc) is 3.49. The third kappa shape index (κ3) is 4.69. The molecule has 1 aromatic heterocycles. The molecule has 11 aromatic rings. The van der Waals surface area contributed by atoms with Crippen LogP contribution in [0.5, 0.6) is 0 Å². The zero-order valence-electron chi connectivity index (χ0n) is 31.6. The fraction of sp³-hybridized carbons (Fsp3) is 0.0556. The molecule has 0 saturated heterocycles. The van der Waals surface area contributed by atoms with Crippen LogP contribution in [-0.4, -0.2) is 15.0 Å². The molecule has 3 nitrogen and oxygen atoms in total. The Labute approximate surface area is 329 Å². The molecule has 0 unspecified atom stereocenters. The van der Waals surface area contributed by atoms with E-state index in [0.29, 0.717) is 17.5 Å². The first kappa shape index (κ1) is 32.1. The van der Waals surface area contributed by atoms with Crippen LogP contribution in [0.25, 0.3) is 110 Å². The molecule has 0 N–H and O–H groups in total. The van der Waals surface area contributed by atoms with Crippen molar-refractivity contribution >= 4 is 64.6 Å². The van der Waals surface area contributed by atoms with E-state index in [-0.39, 0.29) is 5.41 Å². The van der Waals surface area contributed by atoms with E-state index >= 15 is 0 Å². The van der Waals surface area contributed by atoms with Gasteiger partial charge in [-0.3, -0.25) is 0 Å². The number of aromatic nitrogens is 3. The summed E-state index contributed by atoms with van der Waals surface area (Å²) >= 11 is 0. The van der Waals surface area contributed by atoms with Crippen LogP contribution in [0.3, 0.4) is 0 Å². The molecule has 0 amide bonds. The van der Waals surface area contributed by atoms with Crippen molar-refractivity contribution in [3.8, 4) is 45.3 Å². The van der Waals surface area contributed by atoms with Gasteiger partial charge in [-0.05, 0) is 117 Å². The predicted octanol–water partition coefficient (Wildman–Crippen LogP) is 14.1. The minimum Gasteiger partial charge on any atom is -0.208 e. The van der Waals surface area contributed by atoms with E-state index in [2.05, 4.69) is 153 Å². The van der Waals surface area contributed by atoms with Crippen molar-refractivity contribution in [1.82, 2.24) is 15.0 Å². The first-order valence-electron chi connectivity index (χ1n) is 19.7. The van der Waals surface area contributed by atoms with E-state index in [0.717, 1.165) is 16.7 Å². The Morgan fingerprint density at radius 2 is 0.596 bits per heavy atom. The molecule has 0 spiro atoms. The van der Waals surface area contributed by atoms with Gasteiger partial charge in [0.2, 0.25) is 0 Å². The van der Waals surface area contributed by atoms with Crippen LogP contribution >= 0.6 is 0 Å². The zero-order chi connectivity index (χ0) is 37.8. The van der Waals surface area contributed by atoms with Crippen LogP contribution in [0.4, 0.5) is 0 Å². The quantitative estimate of drug-likeness (QED) is 0.170. The van der Waals surface area contributed by atoms with Gasteiger partial charge in [0.25, 0.3) is 0 Å².